The molecule has 0 saturated heterocycles. The van der Waals surface area contributed by atoms with Crippen LogP contribution in [0.2, 0.25) is 0 Å². The van der Waals surface area contributed by atoms with Gasteiger partial charge in [0.25, 0.3) is 0 Å². The second kappa shape index (κ2) is 5.64. The summed E-state index contributed by atoms with van der Waals surface area (Å²) in [6.07, 6.45) is 1.19. The Morgan fingerprint density at radius 2 is 2.27 bits per heavy atom. The highest BCUT2D eigenvalue weighted by atomic mass is 32.1. The SMILES string of the molecule is CCC(C)(C)CNCC(N)c1cccs1. The number of nitrogens with one attached hydrogen (secondary N) is 1. The van der Waals surface area contributed by atoms with E-state index >= 15 is 0 Å². The average Bonchev–Trinajstić information content (AvgIpc) is 2.70. The fourth-order valence-electron chi connectivity index (χ4n) is 1.29. The molecule has 0 aromatic carbocycles. The lowest BCUT2D eigenvalue weighted by atomic mass is 9.90. The lowest BCUT2D eigenvalue weighted by Crippen LogP contribution is -2.33. The molecule has 1 aromatic heterocycles. The molecule has 3 heteroatoms. The molecule has 15 heavy (non-hydrogen) atoms. The third kappa shape index (κ3) is 4.33. The van der Waals surface area contributed by atoms with E-state index in [2.05, 4.69) is 43.6 Å². The summed E-state index contributed by atoms with van der Waals surface area (Å²) >= 11 is 1.73. The third-order valence-electron chi connectivity index (χ3n) is 2.83. The molecule has 1 unspecified atom stereocenters. The summed E-state index contributed by atoms with van der Waals surface area (Å²) in [6.45, 7) is 8.67. The van der Waals surface area contributed by atoms with Gasteiger partial charge in [-0.15, -0.1) is 11.3 Å². The van der Waals surface area contributed by atoms with Crippen LogP contribution in [-0.2, 0) is 0 Å². The predicted molar refractivity (Wildman–Crippen MR) is 68.2 cm³/mol. The lowest BCUT2D eigenvalue weighted by Gasteiger charge is -2.24. The molecule has 0 radical (unpaired) electrons. The summed E-state index contributed by atoms with van der Waals surface area (Å²) < 4.78 is 0. The smallest absolute Gasteiger partial charge is 0.0516 e. The van der Waals surface area contributed by atoms with Crippen molar-refractivity contribution >= 4 is 11.3 Å². The van der Waals surface area contributed by atoms with Crippen LogP contribution in [0.25, 0.3) is 0 Å². The van der Waals surface area contributed by atoms with E-state index in [1.54, 1.807) is 11.3 Å². The molecule has 0 amide bonds. The van der Waals surface area contributed by atoms with Crippen LogP contribution in [0.5, 0.6) is 0 Å². The molecule has 0 aliphatic heterocycles. The summed E-state index contributed by atoms with van der Waals surface area (Å²) in [4.78, 5) is 1.26. The van der Waals surface area contributed by atoms with Gasteiger partial charge in [-0.25, -0.2) is 0 Å². The van der Waals surface area contributed by atoms with Crippen LogP contribution in [0.4, 0.5) is 0 Å². The molecule has 0 saturated carbocycles. The Balaban J connectivity index is 2.26. The summed E-state index contributed by atoms with van der Waals surface area (Å²) in [5, 5.41) is 5.52. The van der Waals surface area contributed by atoms with E-state index < -0.39 is 0 Å². The second-order valence-corrected chi connectivity index (χ2v) is 5.75. The zero-order chi connectivity index (χ0) is 11.3. The predicted octanol–water partition coefficient (Wildman–Crippen LogP) is 2.77. The van der Waals surface area contributed by atoms with Gasteiger partial charge in [0.15, 0.2) is 0 Å². The molecule has 0 fully saturated rings. The van der Waals surface area contributed by atoms with E-state index in [-0.39, 0.29) is 6.04 Å². The highest BCUT2D eigenvalue weighted by molar-refractivity contribution is 7.10. The zero-order valence-corrected chi connectivity index (χ0v) is 10.7. The van der Waals surface area contributed by atoms with Gasteiger partial charge in [-0.05, 0) is 23.3 Å². The molecular formula is C12H22N2S. The number of nitrogens with two attached hydrogens (primary N) is 1. The number of hydrogen-bond acceptors (Lipinski definition) is 3. The van der Waals surface area contributed by atoms with Crippen molar-refractivity contribution in [1.29, 1.82) is 0 Å². The Kier molecular flexibility index (Phi) is 4.77. The molecule has 1 rings (SSSR count). The maximum absolute atomic E-state index is 6.06. The number of thiophene rings is 1. The molecule has 1 aromatic rings. The molecular weight excluding hydrogens is 204 g/mol. The highest BCUT2D eigenvalue weighted by Crippen LogP contribution is 2.19. The number of rotatable bonds is 6. The van der Waals surface area contributed by atoms with Crippen LogP contribution >= 0.6 is 11.3 Å². The van der Waals surface area contributed by atoms with E-state index in [1.165, 1.54) is 11.3 Å². The molecule has 0 aliphatic carbocycles. The van der Waals surface area contributed by atoms with Crippen molar-refractivity contribution in [2.24, 2.45) is 11.1 Å². The Morgan fingerprint density at radius 1 is 1.53 bits per heavy atom. The average molecular weight is 226 g/mol. The Labute approximate surface area is 96.9 Å². The Hall–Kier alpha value is -0.380. The molecule has 1 heterocycles. The first-order chi connectivity index (χ1) is 7.05. The standard InChI is InChI=1S/C12H22N2S/c1-4-12(2,3)9-14-8-10(13)11-6-5-7-15-11/h5-7,10,14H,4,8-9,13H2,1-3H3. The normalized spacial score (nSPS) is 14.1. The summed E-state index contributed by atoms with van der Waals surface area (Å²) in [5.74, 6) is 0. The van der Waals surface area contributed by atoms with Crippen LogP contribution < -0.4 is 11.1 Å². The van der Waals surface area contributed by atoms with Crippen molar-refractivity contribution in [3.63, 3.8) is 0 Å². The minimum Gasteiger partial charge on any atom is -0.322 e. The molecule has 3 N–H and O–H groups in total. The van der Waals surface area contributed by atoms with Crippen molar-refractivity contribution in [3.05, 3.63) is 22.4 Å². The van der Waals surface area contributed by atoms with Crippen molar-refractivity contribution in [1.82, 2.24) is 5.32 Å². The third-order valence-corrected chi connectivity index (χ3v) is 3.84. The fourth-order valence-corrected chi connectivity index (χ4v) is 2.02. The van der Waals surface area contributed by atoms with Gasteiger partial charge in [0.2, 0.25) is 0 Å². The van der Waals surface area contributed by atoms with Gasteiger partial charge in [0.1, 0.15) is 0 Å². The van der Waals surface area contributed by atoms with Crippen LogP contribution in [0, 0.1) is 5.41 Å². The summed E-state index contributed by atoms with van der Waals surface area (Å²) in [7, 11) is 0. The van der Waals surface area contributed by atoms with Gasteiger partial charge in [-0.2, -0.15) is 0 Å². The van der Waals surface area contributed by atoms with Crippen molar-refractivity contribution in [2.45, 2.75) is 33.2 Å². The van der Waals surface area contributed by atoms with Crippen molar-refractivity contribution in [2.75, 3.05) is 13.1 Å². The summed E-state index contributed by atoms with van der Waals surface area (Å²) in [5.41, 5.74) is 6.43. The van der Waals surface area contributed by atoms with E-state index in [0.717, 1.165) is 13.1 Å². The van der Waals surface area contributed by atoms with E-state index in [4.69, 9.17) is 5.73 Å². The largest absolute Gasteiger partial charge is 0.322 e. The molecule has 0 bridgehead atoms. The molecule has 1 atom stereocenters. The first-order valence-electron chi connectivity index (χ1n) is 5.55. The summed E-state index contributed by atoms with van der Waals surface area (Å²) in [6, 6.07) is 4.29. The Bertz CT molecular complexity index is 267. The second-order valence-electron chi connectivity index (χ2n) is 4.77. The molecule has 2 nitrogen and oxygen atoms in total. The molecule has 86 valence electrons. The molecule has 0 aliphatic rings. The topological polar surface area (TPSA) is 38.0 Å². The molecule has 0 spiro atoms. The van der Waals surface area contributed by atoms with Gasteiger partial charge in [-0.3, -0.25) is 0 Å². The minimum atomic E-state index is 0.137. The first-order valence-corrected chi connectivity index (χ1v) is 6.43. The fraction of sp³-hybridized carbons (Fsp3) is 0.667. The number of hydrogen-bond donors (Lipinski definition) is 2. The van der Waals surface area contributed by atoms with Gasteiger partial charge >= 0.3 is 0 Å². The van der Waals surface area contributed by atoms with Gasteiger partial charge in [0.05, 0.1) is 6.04 Å². The van der Waals surface area contributed by atoms with E-state index in [1.807, 2.05) is 0 Å². The quantitative estimate of drug-likeness (QED) is 0.783. The van der Waals surface area contributed by atoms with Crippen LogP contribution in [0.3, 0.4) is 0 Å². The van der Waals surface area contributed by atoms with E-state index in [9.17, 15) is 0 Å². The monoisotopic (exact) mass is 226 g/mol. The van der Waals surface area contributed by atoms with Crippen molar-refractivity contribution < 1.29 is 0 Å². The van der Waals surface area contributed by atoms with Crippen molar-refractivity contribution in [3.8, 4) is 0 Å². The van der Waals surface area contributed by atoms with Gasteiger partial charge in [0, 0.05) is 18.0 Å². The lowest BCUT2D eigenvalue weighted by molar-refractivity contribution is 0.325. The van der Waals surface area contributed by atoms with E-state index in [0.29, 0.717) is 5.41 Å². The minimum absolute atomic E-state index is 0.137. The van der Waals surface area contributed by atoms with Gasteiger partial charge in [-0.1, -0.05) is 26.8 Å². The van der Waals surface area contributed by atoms with Gasteiger partial charge < -0.3 is 11.1 Å². The van der Waals surface area contributed by atoms with Crippen LogP contribution in [0.1, 0.15) is 38.1 Å². The Morgan fingerprint density at radius 3 is 2.80 bits per heavy atom. The van der Waals surface area contributed by atoms with Crippen LogP contribution in [0.15, 0.2) is 17.5 Å². The highest BCUT2D eigenvalue weighted by Gasteiger charge is 2.15. The maximum atomic E-state index is 6.06. The maximum Gasteiger partial charge on any atom is 0.0516 e. The van der Waals surface area contributed by atoms with Crippen LogP contribution in [-0.4, -0.2) is 13.1 Å². The zero-order valence-electron chi connectivity index (χ0n) is 9.92. The first kappa shape index (κ1) is 12.7.